The topological polar surface area (TPSA) is 75.0 Å². The van der Waals surface area contributed by atoms with Crippen molar-refractivity contribution in [2.45, 2.75) is 6.42 Å². The van der Waals surface area contributed by atoms with E-state index in [4.69, 9.17) is 18.6 Å². The minimum absolute atomic E-state index is 0.319. The lowest BCUT2D eigenvalue weighted by atomic mass is 9.82. The van der Waals surface area contributed by atoms with Crippen molar-refractivity contribution in [1.82, 2.24) is 0 Å². The van der Waals surface area contributed by atoms with E-state index in [0.717, 1.165) is 61.0 Å². The Kier molecular flexibility index (Phi) is 4.70. The maximum Gasteiger partial charge on any atom is 0.336 e. The molecule has 6 heteroatoms. The molecule has 0 unspecified atom stereocenters. The highest BCUT2D eigenvalue weighted by Crippen LogP contribution is 2.60. The van der Waals surface area contributed by atoms with Crippen LogP contribution in [0, 0.1) is 0 Å². The number of rotatable bonds is 4. The average molecular weight is 525 g/mol. The van der Waals surface area contributed by atoms with E-state index >= 15 is 0 Å². The molecule has 192 valence electrons. The van der Waals surface area contributed by atoms with Gasteiger partial charge in [-0.05, 0) is 41.1 Å². The van der Waals surface area contributed by atoms with Crippen LogP contribution in [0.25, 0.3) is 60.8 Å². The maximum atomic E-state index is 12.2. The molecule has 6 aromatic rings. The van der Waals surface area contributed by atoms with Gasteiger partial charge < -0.3 is 23.4 Å². The Morgan fingerprint density at radius 2 is 1.43 bits per heavy atom. The Labute approximate surface area is 227 Å². The predicted octanol–water partition coefficient (Wildman–Crippen LogP) is 8.26. The third-order valence-electron chi connectivity index (χ3n) is 7.68. The second-order valence-electron chi connectivity index (χ2n) is 9.80. The van der Waals surface area contributed by atoms with Gasteiger partial charge >= 0.3 is 5.63 Å². The lowest BCUT2D eigenvalue weighted by molar-refractivity contribution is -0.107. The van der Waals surface area contributed by atoms with E-state index in [-0.39, 0.29) is 0 Å². The summed E-state index contributed by atoms with van der Waals surface area (Å²) in [6.07, 6.45) is 4.85. The van der Waals surface area contributed by atoms with E-state index in [1.807, 2.05) is 54.6 Å². The van der Waals surface area contributed by atoms with Gasteiger partial charge in [-0.25, -0.2) is 4.79 Å². The van der Waals surface area contributed by atoms with E-state index in [9.17, 15) is 9.59 Å². The van der Waals surface area contributed by atoms with Crippen molar-refractivity contribution in [2.75, 3.05) is 7.11 Å². The zero-order valence-corrected chi connectivity index (χ0v) is 21.3. The molecule has 2 aliphatic rings. The Balaban J connectivity index is 1.50. The zero-order valence-electron chi connectivity index (χ0n) is 21.3. The predicted molar refractivity (Wildman–Crippen MR) is 155 cm³/mol. The summed E-state index contributed by atoms with van der Waals surface area (Å²) in [7, 11) is 1.62. The number of fused-ring (bicyclic) bond motifs is 9. The van der Waals surface area contributed by atoms with Crippen molar-refractivity contribution in [2.24, 2.45) is 0 Å². The number of methoxy groups -OCH3 is 1. The number of carbonyl (C=O) groups excluding carboxylic acids is 1. The highest BCUT2D eigenvalue weighted by Gasteiger charge is 2.33. The van der Waals surface area contributed by atoms with Gasteiger partial charge in [-0.3, -0.25) is 0 Å². The van der Waals surface area contributed by atoms with Gasteiger partial charge in [0.2, 0.25) is 0 Å². The molecule has 0 saturated heterocycles. The van der Waals surface area contributed by atoms with Crippen LogP contribution in [0.1, 0.15) is 12.0 Å². The first-order valence-electron chi connectivity index (χ1n) is 12.9. The average Bonchev–Trinajstić information content (AvgIpc) is 2.99. The molecule has 6 nitrogen and oxygen atoms in total. The smallest absolute Gasteiger partial charge is 0.336 e. The number of allylic oxidation sites excluding steroid dienone is 1. The SMILES string of the molecule is COc1c(C=CCC=O)ccc2c1Oc1ccc3c4c(c5ccccc5c-2c14)-c1ccc2ccc(=O)oc2c1O3. The largest absolute Gasteiger partial charge is 0.492 e. The Morgan fingerprint density at radius 1 is 0.775 bits per heavy atom. The molecule has 8 rings (SSSR count). The standard InChI is InChI=1S/C34H20O6/c1-37-31-18(6-4-5-17-35)9-12-22-27-20-7-2-3-8-21(20)28-23-13-10-19-11-16-26(36)40-32(19)34(23)39-25-15-14-24(38-33(22)31)29(27)30(25)28/h2-4,6-17H,5H2,1H3. The molecule has 5 aromatic carbocycles. The molecule has 0 bridgehead atoms. The molecule has 0 N–H and O–H groups in total. The summed E-state index contributed by atoms with van der Waals surface area (Å²) >= 11 is 0. The lowest BCUT2D eigenvalue weighted by Crippen LogP contribution is -2.06. The van der Waals surface area contributed by atoms with Crippen LogP contribution in [0.4, 0.5) is 0 Å². The van der Waals surface area contributed by atoms with E-state index < -0.39 is 5.63 Å². The fourth-order valence-corrected chi connectivity index (χ4v) is 6.07. The van der Waals surface area contributed by atoms with Gasteiger partial charge in [0, 0.05) is 56.5 Å². The van der Waals surface area contributed by atoms with Crippen molar-refractivity contribution < 1.29 is 23.4 Å². The van der Waals surface area contributed by atoms with Gasteiger partial charge in [0.15, 0.2) is 22.8 Å². The van der Waals surface area contributed by atoms with Crippen LogP contribution in [-0.2, 0) is 4.79 Å². The second-order valence-corrected chi connectivity index (χ2v) is 9.80. The zero-order chi connectivity index (χ0) is 27.0. The molecule has 0 fully saturated rings. The molecule has 40 heavy (non-hydrogen) atoms. The number of aldehydes is 1. The van der Waals surface area contributed by atoms with E-state index in [1.54, 1.807) is 19.3 Å². The number of hydrogen-bond donors (Lipinski definition) is 0. The maximum absolute atomic E-state index is 12.2. The summed E-state index contributed by atoms with van der Waals surface area (Å²) < 4.78 is 24.6. The number of ether oxygens (including phenoxy) is 3. The normalized spacial score (nSPS) is 12.7. The molecule has 0 saturated carbocycles. The Bertz CT molecular complexity index is 2170. The summed E-state index contributed by atoms with van der Waals surface area (Å²) in [5, 5.41) is 4.79. The minimum Gasteiger partial charge on any atom is -0.492 e. The minimum atomic E-state index is -0.426. The Hall–Kier alpha value is -5.36. The lowest BCUT2D eigenvalue weighted by Gasteiger charge is -2.30. The van der Waals surface area contributed by atoms with Crippen molar-refractivity contribution in [1.29, 1.82) is 0 Å². The number of hydrogen-bond acceptors (Lipinski definition) is 6. The first kappa shape index (κ1) is 22.6. The van der Waals surface area contributed by atoms with Gasteiger partial charge in [0.05, 0.1) is 7.11 Å². The van der Waals surface area contributed by atoms with Crippen LogP contribution in [0.15, 0.2) is 88.1 Å². The van der Waals surface area contributed by atoms with Gasteiger partial charge in [-0.15, -0.1) is 0 Å². The van der Waals surface area contributed by atoms with E-state index in [0.29, 0.717) is 40.8 Å². The van der Waals surface area contributed by atoms with Crippen molar-refractivity contribution >= 4 is 44.9 Å². The fourth-order valence-electron chi connectivity index (χ4n) is 6.07. The summed E-state index contributed by atoms with van der Waals surface area (Å²) in [6, 6.07) is 23.3. The molecule has 0 atom stereocenters. The van der Waals surface area contributed by atoms with Crippen LogP contribution in [0.3, 0.4) is 0 Å². The van der Waals surface area contributed by atoms with Gasteiger partial charge in [-0.1, -0.05) is 48.6 Å². The van der Waals surface area contributed by atoms with E-state index in [2.05, 4.69) is 12.1 Å². The number of carbonyl (C=O) groups is 1. The summed E-state index contributed by atoms with van der Waals surface area (Å²) in [5.74, 6) is 3.12. The van der Waals surface area contributed by atoms with Crippen LogP contribution >= 0.6 is 0 Å². The molecule has 0 amide bonds. The molecular weight excluding hydrogens is 504 g/mol. The molecule has 0 radical (unpaired) electrons. The number of benzene rings is 5. The second kappa shape index (κ2) is 8.32. The molecule has 1 aromatic heterocycles. The Morgan fingerprint density at radius 3 is 2.12 bits per heavy atom. The van der Waals surface area contributed by atoms with Crippen LogP contribution in [-0.4, -0.2) is 13.4 Å². The summed E-state index contributed by atoms with van der Waals surface area (Å²) in [4.78, 5) is 23.0. The highest BCUT2D eigenvalue weighted by molar-refractivity contribution is 6.27. The quantitative estimate of drug-likeness (QED) is 0.131. The third kappa shape index (κ3) is 2.98. The molecule has 0 spiro atoms. The first-order chi connectivity index (χ1) is 19.7. The van der Waals surface area contributed by atoms with Crippen molar-refractivity contribution in [3.63, 3.8) is 0 Å². The highest BCUT2D eigenvalue weighted by atomic mass is 16.5. The van der Waals surface area contributed by atoms with Crippen LogP contribution in [0.5, 0.6) is 28.7 Å². The van der Waals surface area contributed by atoms with Gasteiger partial charge in [0.1, 0.15) is 17.8 Å². The van der Waals surface area contributed by atoms with Crippen molar-refractivity contribution in [3.05, 3.63) is 94.9 Å². The summed E-state index contributed by atoms with van der Waals surface area (Å²) in [6.45, 7) is 0. The van der Waals surface area contributed by atoms with Crippen molar-refractivity contribution in [3.8, 4) is 51.0 Å². The van der Waals surface area contributed by atoms with Gasteiger partial charge in [-0.2, -0.15) is 0 Å². The van der Waals surface area contributed by atoms with Crippen LogP contribution < -0.4 is 19.8 Å². The fraction of sp³-hybridized carbons (Fsp3) is 0.0588. The first-order valence-corrected chi connectivity index (χ1v) is 12.9. The monoisotopic (exact) mass is 524 g/mol. The summed E-state index contributed by atoms with van der Waals surface area (Å²) in [5.41, 5.74) is 4.63. The van der Waals surface area contributed by atoms with Gasteiger partial charge in [0.25, 0.3) is 0 Å². The van der Waals surface area contributed by atoms with Crippen LogP contribution in [0.2, 0.25) is 0 Å². The molecule has 0 aliphatic carbocycles. The molecule has 2 aliphatic heterocycles. The molecular formula is C34H20O6. The molecule has 3 heterocycles. The third-order valence-corrected chi connectivity index (χ3v) is 7.68. The van der Waals surface area contributed by atoms with E-state index in [1.165, 1.54) is 6.07 Å².